The molecule has 3 aromatic rings. The van der Waals surface area contributed by atoms with E-state index < -0.39 is 0 Å². The number of aryl methyl sites for hydroxylation is 1. The van der Waals surface area contributed by atoms with Crippen molar-refractivity contribution in [1.29, 1.82) is 0 Å². The van der Waals surface area contributed by atoms with Crippen molar-refractivity contribution in [3.05, 3.63) is 65.7 Å². The van der Waals surface area contributed by atoms with Crippen LogP contribution in [0.3, 0.4) is 0 Å². The van der Waals surface area contributed by atoms with Crippen LogP contribution in [0.1, 0.15) is 18.1 Å². The highest BCUT2D eigenvalue weighted by atomic mass is 32.2. The maximum Gasteiger partial charge on any atom is 0.233 e. The minimum absolute atomic E-state index is 0.0789. The van der Waals surface area contributed by atoms with Crippen molar-refractivity contribution < 1.29 is 4.79 Å². The molecule has 0 aliphatic heterocycles. The average Bonchev–Trinajstić information content (AvgIpc) is 3.11. The van der Waals surface area contributed by atoms with Gasteiger partial charge in [-0.25, -0.2) is 0 Å². The molecule has 0 spiro atoms. The van der Waals surface area contributed by atoms with Crippen LogP contribution in [-0.4, -0.2) is 38.4 Å². The fourth-order valence-corrected chi connectivity index (χ4v) is 3.79. The molecule has 2 aromatic carbocycles. The molecule has 0 atom stereocenters. The molecule has 0 N–H and O–H groups in total. The maximum atomic E-state index is 12.6. The number of hydrogen-bond donors (Lipinski definition) is 0. The summed E-state index contributed by atoms with van der Waals surface area (Å²) in [5.74, 6) is 1.26. The van der Waals surface area contributed by atoms with Gasteiger partial charge in [0, 0.05) is 25.7 Å². The Morgan fingerprint density at radius 1 is 1.07 bits per heavy atom. The lowest BCUT2D eigenvalue weighted by atomic mass is 10.1. The van der Waals surface area contributed by atoms with Crippen LogP contribution < -0.4 is 0 Å². The Bertz CT molecular complexity index is 908. The standard InChI is InChI=1S/C21H24N4OS/c1-4-25-20(17-11-6-5-7-12-17)22-23-21(25)27-15-19(26)24(3)14-18-13-9-8-10-16(18)2/h5-13H,4,14-15H2,1-3H3. The first-order chi connectivity index (χ1) is 13.1. The number of rotatable bonds is 7. The van der Waals surface area contributed by atoms with E-state index >= 15 is 0 Å². The Labute approximate surface area is 164 Å². The molecule has 27 heavy (non-hydrogen) atoms. The normalized spacial score (nSPS) is 10.8. The molecular weight excluding hydrogens is 356 g/mol. The predicted molar refractivity (Wildman–Crippen MR) is 110 cm³/mol. The van der Waals surface area contributed by atoms with Crippen LogP contribution in [0.15, 0.2) is 59.8 Å². The van der Waals surface area contributed by atoms with Gasteiger partial charge in [0.05, 0.1) is 5.75 Å². The van der Waals surface area contributed by atoms with Crippen molar-refractivity contribution in [2.75, 3.05) is 12.8 Å². The van der Waals surface area contributed by atoms with Gasteiger partial charge in [0.2, 0.25) is 5.91 Å². The second kappa shape index (κ2) is 8.86. The first kappa shape index (κ1) is 19.2. The molecule has 140 valence electrons. The Morgan fingerprint density at radius 2 is 1.78 bits per heavy atom. The van der Waals surface area contributed by atoms with Crippen molar-refractivity contribution in [2.45, 2.75) is 32.1 Å². The molecule has 0 saturated heterocycles. The Balaban J connectivity index is 1.65. The van der Waals surface area contributed by atoms with E-state index in [0.29, 0.717) is 12.3 Å². The summed E-state index contributed by atoms with van der Waals surface area (Å²) in [5.41, 5.74) is 3.39. The lowest BCUT2D eigenvalue weighted by Gasteiger charge is -2.18. The monoisotopic (exact) mass is 380 g/mol. The summed E-state index contributed by atoms with van der Waals surface area (Å²) in [5, 5.41) is 9.40. The lowest BCUT2D eigenvalue weighted by molar-refractivity contribution is -0.127. The molecule has 5 nitrogen and oxygen atoms in total. The van der Waals surface area contributed by atoms with Gasteiger partial charge in [0.15, 0.2) is 11.0 Å². The number of aromatic nitrogens is 3. The van der Waals surface area contributed by atoms with Crippen LogP contribution in [0.25, 0.3) is 11.4 Å². The van der Waals surface area contributed by atoms with Crippen LogP contribution in [0, 0.1) is 6.92 Å². The molecule has 1 heterocycles. The summed E-state index contributed by atoms with van der Waals surface area (Å²) in [7, 11) is 1.84. The van der Waals surface area contributed by atoms with E-state index in [1.165, 1.54) is 22.9 Å². The summed E-state index contributed by atoms with van der Waals surface area (Å²) < 4.78 is 2.05. The predicted octanol–water partition coefficient (Wildman–Crippen LogP) is 4.02. The fraction of sp³-hybridized carbons (Fsp3) is 0.286. The minimum Gasteiger partial charge on any atom is -0.341 e. The Hall–Kier alpha value is -2.60. The number of nitrogens with zero attached hydrogens (tertiary/aromatic N) is 4. The van der Waals surface area contributed by atoms with Crippen molar-refractivity contribution in [3.63, 3.8) is 0 Å². The number of hydrogen-bond acceptors (Lipinski definition) is 4. The number of carbonyl (C=O) groups is 1. The summed E-state index contributed by atoms with van der Waals surface area (Å²) in [4.78, 5) is 14.3. The topological polar surface area (TPSA) is 51.0 Å². The van der Waals surface area contributed by atoms with Gasteiger partial charge in [-0.1, -0.05) is 66.4 Å². The van der Waals surface area contributed by atoms with Gasteiger partial charge in [-0.05, 0) is 25.0 Å². The van der Waals surface area contributed by atoms with E-state index in [9.17, 15) is 4.79 Å². The molecule has 0 fully saturated rings. The molecular formula is C21H24N4OS. The molecule has 0 aliphatic rings. The highest BCUT2D eigenvalue weighted by Crippen LogP contribution is 2.24. The fourth-order valence-electron chi connectivity index (χ4n) is 2.85. The molecule has 1 aromatic heterocycles. The smallest absolute Gasteiger partial charge is 0.233 e. The first-order valence-electron chi connectivity index (χ1n) is 9.00. The molecule has 0 bridgehead atoms. The van der Waals surface area contributed by atoms with Crippen LogP contribution in [-0.2, 0) is 17.9 Å². The lowest BCUT2D eigenvalue weighted by Crippen LogP contribution is -2.28. The molecule has 0 aliphatic carbocycles. The largest absolute Gasteiger partial charge is 0.341 e. The number of amides is 1. The molecule has 3 rings (SSSR count). The van der Waals surface area contributed by atoms with Crippen LogP contribution >= 0.6 is 11.8 Å². The van der Waals surface area contributed by atoms with Gasteiger partial charge >= 0.3 is 0 Å². The highest BCUT2D eigenvalue weighted by Gasteiger charge is 2.16. The Kier molecular flexibility index (Phi) is 6.29. The van der Waals surface area contributed by atoms with Crippen molar-refractivity contribution >= 4 is 17.7 Å². The minimum atomic E-state index is 0.0789. The third-order valence-electron chi connectivity index (χ3n) is 4.48. The van der Waals surface area contributed by atoms with Gasteiger partial charge < -0.3 is 9.47 Å². The highest BCUT2D eigenvalue weighted by molar-refractivity contribution is 7.99. The van der Waals surface area contributed by atoms with Gasteiger partial charge in [-0.2, -0.15) is 0 Å². The quantitative estimate of drug-likeness (QED) is 0.581. The molecule has 1 amide bonds. The third-order valence-corrected chi connectivity index (χ3v) is 5.44. The summed E-state index contributed by atoms with van der Waals surface area (Å²) >= 11 is 1.44. The zero-order chi connectivity index (χ0) is 19.2. The van der Waals surface area contributed by atoms with E-state index in [4.69, 9.17) is 0 Å². The molecule has 0 unspecified atom stereocenters. The number of thioether (sulfide) groups is 1. The number of benzene rings is 2. The maximum absolute atomic E-state index is 12.6. The molecule has 0 saturated carbocycles. The van der Waals surface area contributed by atoms with E-state index in [1.807, 2.05) is 49.5 Å². The summed E-state index contributed by atoms with van der Waals surface area (Å²) in [6, 6.07) is 18.1. The van der Waals surface area contributed by atoms with E-state index in [-0.39, 0.29) is 5.91 Å². The SMILES string of the molecule is CCn1c(SCC(=O)N(C)Cc2ccccc2C)nnc1-c1ccccc1. The second-order valence-corrected chi connectivity index (χ2v) is 7.32. The van der Waals surface area contributed by atoms with E-state index in [2.05, 4.69) is 40.7 Å². The van der Waals surface area contributed by atoms with E-state index in [0.717, 1.165) is 23.1 Å². The van der Waals surface area contributed by atoms with Crippen LogP contribution in [0.4, 0.5) is 0 Å². The summed E-state index contributed by atoms with van der Waals surface area (Å²) in [6.45, 7) is 5.50. The van der Waals surface area contributed by atoms with Crippen molar-refractivity contribution in [1.82, 2.24) is 19.7 Å². The van der Waals surface area contributed by atoms with E-state index in [1.54, 1.807) is 4.90 Å². The second-order valence-electron chi connectivity index (χ2n) is 6.38. The van der Waals surface area contributed by atoms with Crippen molar-refractivity contribution in [3.8, 4) is 11.4 Å². The van der Waals surface area contributed by atoms with Gasteiger partial charge in [-0.15, -0.1) is 10.2 Å². The Morgan fingerprint density at radius 3 is 2.48 bits per heavy atom. The zero-order valence-corrected chi connectivity index (χ0v) is 16.7. The van der Waals surface area contributed by atoms with Gasteiger partial charge in [0.1, 0.15) is 0 Å². The van der Waals surface area contributed by atoms with Crippen LogP contribution in [0.5, 0.6) is 0 Å². The third kappa shape index (κ3) is 4.57. The van der Waals surface area contributed by atoms with Gasteiger partial charge in [0.25, 0.3) is 0 Å². The summed E-state index contributed by atoms with van der Waals surface area (Å²) in [6.07, 6.45) is 0. The van der Waals surface area contributed by atoms with Crippen molar-refractivity contribution in [2.24, 2.45) is 0 Å². The molecule has 0 radical (unpaired) electrons. The zero-order valence-electron chi connectivity index (χ0n) is 15.9. The average molecular weight is 381 g/mol. The molecule has 6 heteroatoms. The van der Waals surface area contributed by atoms with Gasteiger partial charge in [-0.3, -0.25) is 4.79 Å². The number of carbonyl (C=O) groups excluding carboxylic acids is 1. The first-order valence-corrected chi connectivity index (χ1v) is 9.98. The van der Waals surface area contributed by atoms with Crippen LogP contribution in [0.2, 0.25) is 0 Å².